The topological polar surface area (TPSA) is 38.3 Å². The maximum Gasteiger partial charge on any atom is 0.325 e. The van der Waals surface area contributed by atoms with Gasteiger partial charge in [-0.05, 0) is 48.8 Å². The molecule has 6 heteroatoms. The first-order chi connectivity index (χ1) is 8.19. The van der Waals surface area contributed by atoms with Gasteiger partial charge in [-0.15, -0.1) is 0 Å². The average molecular weight is 339 g/mol. The maximum absolute atomic E-state index is 13.0. The molecule has 3 nitrogen and oxygen atoms in total. The van der Waals surface area contributed by atoms with Gasteiger partial charge in [0.25, 0.3) is 0 Å². The molecule has 0 heterocycles. The minimum Gasteiger partial charge on any atom is -0.459 e. The SMILES string of the molecule is CC(C)(C)OC(=O)CNc1c(Cl)cc(F)cc1Br. The van der Waals surface area contributed by atoms with Gasteiger partial charge in [0.2, 0.25) is 0 Å². The highest BCUT2D eigenvalue weighted by Gasteiger charge is 2.17. The molecule has 1 N–H and O–H groups in total. The quantitative estimate of drug-likeness (QED) is 0.847. The van der Waals surface area contributed by atoms with Crippen molar-refractivity contribution in [1.29, 1.82) is 0 Å². The molecule has 18 heavy (non-hydrogen) atoms. The lowest BCUT2D eigenvalue weighted by Crippen LogP contribution is -2.28. The summed E-state index contributed by atoms with van der Waals surface area (Å²) in [6, 6.07) is 2.44. The van der Waals surface area contributed by atoms with E-state index in [2.05, 4.69) is 21.2 Å². The summed E-state index contributed by atoms with van der Waals surface area (Å²) in [5.74, 6) is -0.857. The van der Waals surface area contributed by atoms with E-state index >= 15 is 0 Å². The second kappa shape index (κ2) is 5.89. The van der Waals surface area contributed by atoms with Crippen molar-refractivity contribution in [2.45, 2.75) is 26.4 Å². The lowest BCUT2D eigenvalue weighted by Gasteiger charge is -2.20. The minimum absolute atomic E-state index is 0.0405. The number of carbonyl (C=O) groups is 1. The maximum atomic E-state index is 13.0. The molecule has 1 aromatic carbocycles. The zero-order chi connectivity index (χ0) is 13.9. The first kappa shape index (κ1) is 15.2. The Bertz CT molecular complexity index is 437. The molecule has 0 unspecified atom stereocenters. The van der Waals surface area contributed by atoms with Crippen LogP contribution in [0.1, 0.15) is 20.8 Å². The number of ether oxygens (including phenoxy) is 1. The van der Waals surface area contributed by atoms with Crippen LogP contribution in [0, 0.1) is 5.82 Å². The van der Waals surface area contributed by atoms with Crippen molar-refractivity contribution in [3.05, 3.63) is 27.4 Å². The molecule has 0 amide bonds. The molecule has 0 saturated heterocycles. The van der Waals surface area contributed by atoms with Crippen LogP contribution in [-0.2, 0) is 9.53 Å². The Kier molecular flexibility index (Phi) is 4.99. The van der Waals surface area contributed by atoms with Crippen LogP contribution in [0.2, 0.25) is 5.02 Å². The van der Waals surface area contributed by atoms with Crippen LogP contribution in [0.25, 0.3) is 0 Å². The third-order valence-corrected chi connectivity index (χ3v) is 2.76. The van der Waals surface area contributed by atoms with E-state index in [9.17, 15) is 9.18 Å². The second-order valence-corrected chi connectivity index (χ2v) is 5.95. The summed E-state index contributed by atoms with van der Waals surface area (Å²) >= 11 is 9.04. The molecular formula is C12H14BrClFNO2. The van der Waals surface area contributed by atoms with Gasteiger partial charge in [-0.25, -0.2) is 4.39 Å². The summed E-state index contributed by atoms with van der Waals surface area (Å²) in [4.78, 5) is 11.5. The molecule has 0 saturated carbocycles. The average Bonchev–Trinajstić information content (AvgIpc) is 2.12. The van der Waals surface area contributed by atoms with Crippen molar-refractivity contribution in [1.82, 2.24) is 0 Å². The van der Waals surface area contributed by atoms with E-state index in [1.54, 1.807) is 20.8 Å². The van der Waals surface area contributed by atoms with Gasteiger partial charge in [-0.1, -0.05) is 11.6 Å². The molecule has 0 aromatic heterocycles. The van der Waals surface area contributed by atoms with Crippen LogP contribution in [0.4, 0.5) is 10.1 Å². The van der Waals surface area contributed by atoms with Crippen LogP contribution >= 0.6 is 27.5 Å². The fourth-order valence-corrected chi connectivity index (χ4v) is 2.21. The molecule has 0 radical (unpaired) electrons. The number of hydrogen-bond acceptors (Lipinski definition) is 3. The van der Waals surface area contributed by atoms with Gasteiger partial charge < -0.3 is 10.1 Å². The lowest BCUT2D eigenvalue weighted by molar-refractivity contribution is -0.152. The standard InChI is InChI=1S/C12H14BrClFNO2/c1-12(2,3)18-10(17)6-16-11-8(13)4-7(15)5-9(11)14/h4-5,16H,6H2,1-3H3. The number of rotatable bonds is 3. The second-order valence-electron chi connectivity index (χ2n) is 4.68. The van der Waals surface area contributed by atoms with Crippen molar-refractivity contribution in [3.8, 4) is 0 Å². The Balaban J connectivity index is 2.67. The van der Waals surface area contributed by atoms with Gasteiger partial charge in [-0.3, -0.25) is 4.79 Å². The Labute approximate surface area is 119 Å². The molecule has 0 bridgehead atoms. The third-order valence-electron chi connectivity index (χ3n) is 1.84. The number of carbonyl (C=O) groups excluding carboxylic acids is 1. The van der Waals surface area contributed by atoms with Crippen molar-refractivity contribution < 1.29 is 13.9 Å². The fourth-order valence-electron chi connectivity index (χ4n) is 1.25. The molecule has 0 atom stereocenters. The lowest BCUT2D eigenvalue weighted by atomic mass is 10.2. The number of halogens is 3. The molecule has 0 fully saturated rings. The molecule has 1 aromatic rings. The summed E-state index contributed by atoms with van der Waals surface area (Å²) in [6.07, 6.45) is 0. The highest BCUT2D eigenvalue weighted by atomic mass is 79.9. The number of benzene rings is 1. The molecule has 0 aliphatic carbocycles. The van der Waals surface area contributed by atoms with Crippen LogP contribution in [0.15, 0.2) is 16.6 Å². The molecular weight excluding hydrogens is 324 g/mol. The minimum atomic E-state index is -0.539. The van der Waals surface area contributed by atoms with Crippen LogP contribution in [0.5, 0.6) is 0 Å². The molecule has 0 spiro atoms. The van der Waals surface area contributed by atoms with Crippen molar-refractivity contribution in [2.24, 2.45) is 0 Å². The van der Waals surface area contributed by atoms with Gasteiger partial charge in [0, 0.05) is 4.47 Å². The fraction of sp³-hybridized carbons (Fsp3) is 0.417. The van der Waals surface area contributed by atoms with Gasteiger partial charge in [0.05, 0.1) is 10.7 Å². The van der Waals surface area contributed by atoms with Crippen molar-refractivity contribution in [3.63, 3.8) is 0 Å². The van der Waals surface area contributed by atoms with E-state index in [4.69, 9.17) is 16.3 Å². The number of hydrogen-bond donors (Lipinski definition) is 1. The van der Waals surface area contributed by atoms with Gasteiger partial charge in [0.1, 0.15) is 18.0 Å². The number of esters is 1. The predicted octanol–water partition coefficient (Wildman–Crippen LogP) is 4.00. The van der Waals surface area contributed by atoms with E-state index in [0.717, 1.165) is 0 Å². The Morgan fingerprint density at radius 2 is 2.11 bits per heavy atom. The van der Waals surface area contributed by atoms with E-state index in [0.29, 0.717) is 10.2 Å². The molecule has 0 aliphatic heterocycles. The van der Waals surface area contributed by atoms with Crippen LogP contribution in [-0.4, -0.2) is 18.1 Å². The Hall–Kier alpha value is -0.810. The first-order valence-electron chi connectivity index (χ1n) is 5.29. The van der Waals surface area contributed by atoms with Crippen LogP contribution < -0.4 is 5.32 Å². The smallest absolute Gasteiger partial charge is 0.325 e. The van der Waals surface area contributed by atoms with Crippen molar-refractivity contribution >= 4 is 39.2 Å². The van der Waals surface area contributed by atoms with E-state index in [-0.39, 0.29) is 11.6 Å². The molecule has 1 rings (SSSR count). The monoisotopic (exact) mass is 337 g/mol. The van der Waals surface area contributed by atoms with Gasteiger partial charge in [0.15, 0.2) is 0 Å². The van der Waals surface area contributed by atoms with Gasteiger partial charge in [-0.2, -0.15) is 0 Å². The molecule has 100 valence electrons. The zero-order valence-electron chi connectivity index (χ0n) is 10.3. The third kappa shape index (κ3) is 4.82. The van der Waals surface area contributed by atoms with E-state index in [1.807, 2.05) is 0 Å². The number of nitrogens with one attached hydrogen (secondary N) is 1. The first-order valence-corrected chi connectivity index (χ1v) is 6.46. The predicted molar refractivity (Wildman–Crippen MR) is 73.4 cm³/mol. The Morgan fingerprint density at radius 3 is 2.61 bits per heavy atom. The van der Waals surface area contributed by atoms with Crippen molar-refractivity contribution in [2.75, 3.05) is 11.9 Å². The summed E-state index contributed by atoms with van der Waals surface area (Å²) < 4.78 is 18.6. The highest BCUT2D eigenvalue weighted by Crippen LogP contribution is 2.31. The zero-order valence-corrected chi connectivity index (χ0v) is 12.7. The summed E-state index contributed by atoms with van der Waals surface area (Å²) in [7, 11) is 0. The highest BCUT2D eigenvalue weighted by molar-refractivity contribution is 9.10. The van der Waals surface area contributed by atoms with Gasteiger partial charge >= 0.3 is 5.97 Å². The normalized spacial score (nSPS) is 11.2. The van der Waals surface area contributed by atoms with Crippen LogP contribution in [0.3, 0.4) is 0 Å². The molecule has 0 aliphatic rings. The summed E-state index contributed by atoms with van der Waals surface area (Å²) in [6.45, 7) is 5.31. The van der Waals surface area contributed by atoms with E-state index in [1.165, 1.54) is 12.1 Å². The number of anilines is 1. The van der Waals surface area contributed by atoms with E-state index < -0.39 is 17.4 Å². The Morgan fingerprint density at radius 1 is 1.50 bits per heavy atom. The summed E-state index contributed by atoms with van der Waals surface area (Å²) in [5.41, 5.74) is -0.0771. The largest absolute Gasteiger partial charge is 0.459 e. The summed E-state index contributed by atoms with van der Waals surface area (Å²) in [5, 5.41) is 3.01.